The van der Waals surface area contributed by atoms with Crippen LogP contribution in [0.1, 0.15) is 34.6 Å². The first-order valence-electron chi connectivity index (χ1n) is 6.40. The van der Waals surface area contributed by atoms with E-state index in [1.54, 1.807) is 11.8 Å². The summed E-state index contributed by atoms with van der Waals surface area (Å²) in [6, 6.07) is -0.834. The Labute approximate surface area is 109 Å². The van der Waals surface area contributed by atoms with Gasteiger partial charge in [0, 0.05) is 0 Å². The summed E-state index contributed by atoms with van der Waals surface area (Å²) in [5.74, 6) is 5.75. The van der Waals surface area contributed by atoms with Crippen LogP contribution in [0.5, 0.6) is 0 Å². The maximum absolute atomic E-state index is 12.4. The molecule has 1 N–H and O–H groups in total. The molecule has 2 amide bonds. The van der Waals surface area contributed by atoms with Gasteiger partial charge in [-0.25, -0.2) is 0 Å². The van der Waals surface area contributed by atoms with Gasteiger partial charge in [-0.3, -0.25) is 9.59 Å². The van der Waals surface area contributed by atoms with Crippen LogP contribution in [0.2, 0.25) is 0 Å². The van der Waals surface area contributed by atoms with Gasteiger partial charge in [0.25, 0.3) is 0 Å². The molecule has 1 heterocycles. The third kappa shape index (κ3) is 2.84. The Balaban J connectivity index is 3.03. The summed E-state index contributed by atoms with van der Waals surface area (Å²) in [5, 5.41) is 2.83. The second kappa shape index (κ2) is 5.90. The van der Waals surface area contributed by atoms with E-state index in [0.717, 1.165) is 0 Å². The van der Waals surface area contributed by atoms with Crippen LogP contribution in [0, 0.1) is 23.7 Å². The maximum atomic E-state index is 12.4. The van der Waals surface area contributed by atoms with E-state index in [-0.39, 0.29) is 23.7 Å². The van der Waals surface area contributed by atoms with Crippen LogP contribution in [0.4, 0.5) is 0 Å². The third-order valence-corrected chi connectivity index (χ3v) is 3.18. The predicted molar refractivity (Wildman–Crippen MR) is 70.6 cm³/mol. The number of nitrogens with zero attached hydrogens (tertiary/aromatic N) is 1. The fourth-order valence-electron chi connectivity index (χ4n) is 2.21. The van der Waals surface area contributed by atoms with Crippen molar-refractivity contribution in [2.24, 2.45) is 11.8 Å². The van der Waals surface area contributed by atoms with Gasteiger partial charge >= 0.3 is 0 Å². The molecule has 0 radical (unpaired) electrons. The number of hydrogen-bond acceptors (Lipinski definition) is 2. The van der Waals surface area contributed by atoms with Gasteiger partial charge in [0.15, 0.2) is 0 Å². The Morgan fingerprint density at radius 1 is 1.22 bits per heavy atom. The smallest absolute Gasteiger partial charge is 0.246 e. The second-order valence-corrected chi connectivity index (χ2v) is 5.31. The fourth-order valence-corrected chi connectivity index (χ4v) is 2.21. The van der Waals surface area contributed by atoms with E-state index in [2.05, 4.69) is 17.2 Å². The highest BCUT2D eigenvalue weighted by Crippen LogP contribution is 2.20. The van der Waals surface area contributed by atoms with E-state index in [9.17, 15) is 9.59 Å². The summed E-state index contributed by atoms with van der Waals surface area (Å²) in [7, 11) is 0. The summed E-state index contributed by atoms with van der Waals surface area (Å²) in [5.41, 5.74) is 0. The standard InChI is InChI=1S/C14H22N2O2/c1-6-7-8-16-12(10(4)5)13(17)15-11(9(2)3)14(16)18/h9-12H,8H2,1-5H3,(H,15,17). The summed E-state index contributed by atoms with van der Waals surface area (Å²) in [6.45, 7) is 9.82. The Kier molecular flexibility index (Phi) is 4.77. The average Bonchev–Trinajstić information content (AvgIpc) is 2.28. The van der Waals surface area contributed by atoms with Gasteiger partial charge in [0.1, 0.15) is 12.1 Å². The highest BCUT2D eigenvalue weighted by Gasteiger charge is 2.42. The topological polar surface area (TPSA) is 49.4 Å². The third-order valence-electron chi connectivity index (χ3n) is 3.18. The van der Waals surface area contributed by atoms with Gasteiger partial charge < -0.3 is 10.2 Å². The quantitative estimate of drug-likeness (QED) is 0.760. The molecule has 0 aromatic heterocycles. The number of rotatable bonds is 3. The Morgan fingerprint density at radius 3 is 2.28 bits per heavy atom. The van der Waals surface area contributed by atoms with Crippen molar-refractivity contribution in [2.45, 2.75) is 46.7 Å². The molecule has 4 heteroatoms. The zero-order valence-corrected chi connectivity index (χ0v) is 11.8. The summed E-state index contributed by atoms with van der Waals surface area (Å²) < 4.78 is 0. The largest absolute Gasteiger partial charge is 0.342 e. The minimum Gasteiger partial charge on any atom is -0.342 e. The molecule has 1 saturated heterocycles. The highest BCUT2D eigenvalue weighted by molar-refractivity contribution is 5.97. The number of carbonyl (C=O) groups excluding carboxylic acids is 2. The van der Waals surface area contributed by atoms with Crippen molar-refractivity contribution in [1.29, 1.82) is 0 Å². The molecule has 0 spiro atoms. The van der Waals surface area contributed by atoms with E-state index in [0.29, 0.717) is 6.54 Å². The van der Waals surface area contributed by atoms with Crippen LogP contribution < -0.4 is 5.32 Å². The molecule has 2 unspecified atom stereocenters. The first kappa shape index (κ1) is 14.6. The van der Waals surface area contributed by atoms with Gasteiger partial charge in [-0.2, -0.15) is 0 Å². The molecule has 1 aliphatic rings. The van der Waals surface area contributed by atoms with Crippen molar-refractivity contribution in [2.75, 3.05) is 6.54 Å². The zero-order valence-electron chi connectivity index (χ0n) is 11.8. The van der Waals surface area contributed by atoms with Gasteiger partial charge in [0.2, 0.25) is 11.8 Å². The molecule has 0 aliphatic carbocycles. The van der Waals surface area contributed by atoms with Crippen LogP contribution in [-0.4, -0.2) is 35.3 Å². The van der Waals surface area contributed by atoms with Crippen molar-refractivity contribution in [1.82, 2.24) is 10.2 Å². The lowest BCUT2D eigenvalue weighted by Crippen LogP contribution is -2.66. The fraction of sp³-hybridized carbons (Fsp3) is 0.714. The second-order valence-electron chi connectivity index (χ2n) is 5.31. The van der Waals surface area contributed by atoms with Gasteiger partial charge in [-0.15, -0.1) is 5.92 Å². The number of piperazine rings is 1. The average molecular weight is 250 g/mol. The minimum atomic E-state index is -0.425. The van der Waals surface area contributed by atoms with E-state index < -0.39 is 12.1 Å². The Hall–Kier alpha value is -1.50. The monoisotopic (exact) mass is 250 g/mol. The molecule has 4 nitrogen and oxygen atoms in total. The molecule has 0 aromatic rings. The lowest BCUT2D eigenvalue weighted by Gasteiger charge is -2.41. The van der Waals surface area contributed by atoms with Gasteiger partial charge in [0.05, 0.1) is 6.54 Å². The summed E-state index contributed by atoms with van der Waals surface area (Å²) >= 11 is 0. The Bertz CT molecular complexity index is 390. The van der Waals surface area contributed by atoms with Crippen LogP contribution >= 0.6 is 0 Å². The zero-order chi connectivity index (χ0) is 13.9. The lowest BCUT2D eigenvalue weighted by atomic mass is 9.93. The number of amides is 2. The van der Waals surface area contributed by atoms with Crippen LogP contribution in [0.15, 0.2) is 0 Å². The van der Waals surface area contributed by atoms with Crippen molar-refractivity contribution in [3.63, 3.8) is 0 Å². The Morgan fingerprint density at radius 2 is 1.83 bits per heavy atom. The first-order chi connectivity index (χ1) is 8.40. The molecule has 1 fully saturated rings. The normalized spacial score (nSPS) is 24.1. The number of nitrogens with one attached hydrogen (secondary N) is 1. The van der Waals surface area contributed by atoms with E-state index in [4.69, 9.17) is 0 Å². The van der Waals surface area contributed by atoms with Crippen LogP contribution in [0.3, 0.4) is 0 Å². The van der Waals surface area contributed by atoms with Crippen molar-refractivity contribution in [3.8, 4) is 11.8 Å². The van der Waals surface area contributed by atoms with Gasteiger partial charge in [-0.1, -0.05) is 33.6 Å². The number of hydrogen-bond donors (Lipinski definition) is 1. The van der Waals surface area contributed by atoms with Crippen molar-refractivity contribution in [3.05, 3.63) is 0 Å². The molecular formula is C14H22N2O2. The molecule has 1 rings (SSSR count). The summed E-state index contributed by atoms with van der Waals surface area (Å²) in [6.07, 6.45) is 0. The van der Waals surface area contributed by atoms with Crippen LogP contribution in [-0.2, 0) is 9.59 Å². The molecule has 18 heavy (non-hydrogen) atoms. The highest BCUT2D eigenvalue weighted by atomic mass is 16.2. The molecule has 1 aliphatic heterocycles. The molecule has 0 saturated carbocycles. The maximum Gasteiger partial charge on any atom is 0.246 e. The molecule has 100 valence electrons. The van der Waals surface area contributed by atoms with E-state index in [1.807, 2.05) is 27.7 Å². The SMILES string of the molecule is CC#CCN1C(=O)C(C(C)C)NC(=O)C1C(C)C. The lowest BCUT2D eigenvalue weighted by molar-refractivity contribution is -0.151. The van der Waals surface area contributed by atoms with E-state index >= 15 is 0 Å². The molecule has 0 bridgehead atoms. The van der Waals surface area contributed by atoms with E-state index in [1.165, 1.54) is 0 Å². The summed E-state index contributed by atoms with van der Waals surface area (Å²) in [4.78, 5) is 26.1. The van der Waals surface area contributed by atoms with Crippen LogP contribution in [0.25, 0.3) is 0 Å². The van der Waals surface area contributed by atoms with Gasteiger partial charge in [-0.05, 0) is 18.8 Å². The molecule has 0 aromatic carbocycles. The molecule has 2 atom stereocenters. The van der Waals surface area contributed by atoms with Crippen molar-refractivity contribution < 1.29 is 9.59 Å². The molecular weight excluding hydrogens is 228 g/mol. The minimum absolute atomic E-state index is 0.0222. The number of carbonyl (C=O) groups is 2. The van der Waals surface area contributed by atoms with Crippen molar-refractivity contribution >= 4 is 11.8 Å². The predicted octanol–water partition coefficient (Wildman–Crippen LogP) is 1.02. The first-order valence-corrected chi connectivity index (χ1v) is 6.40.